The van der Waals surface area contributed by atoms with Gasteiger partial charge in [0.25, 0.3) is 5.91 Å². The number of carbonyl (C=O) groups excluding carboxylic acids is 1. The Morgan fingerprint density at radius 3 is 2.76 bits per heavy atom. The van der Waals surface area contributed by atoms with Crippen LogP contribution in [0.15, 0.2) is 42.6 Å². The first-order valence-electron chi connectivity index (χ1n) is 6.32. The second-order valence-electron chi connectivity index (χ2n) is 4.14. The van der Waals surface area contributed by atoms with Crippen LogP contribution in [0, 0.1) is 17.7 Å². The zero-order valence-electron chi connectivity index (χ0n) is 11.1. The van der Waals surface area contributed by atoms with Crippen molar-refractivity contribution in [3.8, 4) is 11.8 Å². The van der Waals surface area contributed by atoms with Crippen molar-refractivity contribution in [2.45, 2.75) is 6.42 Å². The Labute approximate surface area is 121 Å². The second kappa shape index (κ2) is 7.17. The van der Waals surface area contributed by atoms with Gasteiger partial charge in [0.1, 0.15) is 11.5 Å². The van der Waals surface area contributed by atoms with Crippen molar-refractivity contribution in [1.29, 1.82) is 0 Å². The summed E-state index contributed by atoms with van der Waals surface area (Å²) in [4.78, 5) is 16.2. The van der Waals surface area contributed by atoms with E-state index < -0.39 is 5.91 Å². The van der Waals surface area contributed by atoms with E-state index in [2.05, 4.69) is 22.1 Å². The van der Waals surface area contributed by atoms with Crippen molar-refractivity contribution in [1.82, 2.24) is 4.98 Å². The highest BCUT2D eigenvalue weighted by Gasteiger charge is 2.11. The van der Waals surface area contributed by atoms with Gasteiger partial charge in [0.2, 0.25) is 0 Å². The summed E-state index contributed by atoms with van der Waals surface area (Å²) in [5.74, 6) is 4.75. The molecule has 2 rings (SSSR count). The Morgan fingerprint density at radius 1 is 1.29 bits per heavy atom. The number of halogens is 1. The zero-order chi connectivity index (χ0) is 15.1. The Morgan fingerprint density at radius 2 is 2.05 bits per heavy atom. The topological polar surface area (TPSA) is 62.2 Å². The average molecular weight is 284 g/mol. The fourth-order valence-corrected chi connectivity index (χ4v) is 1.62. The predicted octanol–water partition coefficient (Wildman–Crippen LogP) is 2.21. The normalized spacial score (nSPS) is 9.62. The summed E-state index contributed by atoms with van der Waals surface area (Å²) < 4.78 is 12.8. The minimum atomic E-state index is -0.421. The van der Waals surface area contributed by atoms with Gasteiger partial charge in [-0.1, -0.05) is 11.8 Å². The Balaban J connectivity index is 2.19. The van der Waals surface area contributed by atoms with Crippen LogP contribution in [-0.4, -0.2) is 22.6 Å². The van der Waals surface area contributed by atoms with Gasteiger partial charge in [-0.15, -0.1) is 0 Å². The molecule has 0 aliphatic carbocycles. The van der Waals surface area contributed by atoms with Gasteiger partial charge in [-0.2, -0.15) is 0 Å². The molecule has 2 N–H and O–H groups in total. The van der Waals surface area contributed by atoms with E-state index in [4.69, 9.17) is 5.11 Å². The van der Waals surface area contributed by atoms with Gasteiger partial charge in [0.15, 0.2) is 0 Å². The van der Waals surface area contributed by atoms with Crippen LogP contribution in [0.3, 0.4) is 0 Å². The maximum atomic E-state index is 12.8. The molecule has 0 aliphatic rings. The largest absolute Gasteiger partial charge is 0.395 e. The fourth-order valence-electron chi connectivity index (χ4n) is 1.62. The van der Waals surface area contributed by atoms with Crippen LogP contribution < -0.4 is 5.32 Å². The quantitative estimate of drug-likeness (QED) is 0.849. The molecule has 1 aromatic carbocycles. The minimum Gasteiger partial charge on any atom is -0.395 e. The monoisotopic (exact) mass is 284 g/mol. The fraction of sp³-hybridized carbons (Fsp3) is 0.125. The van der Waals surface area contributed by atoms with E-state index in [9.17, 15) is 9.18 Å². The van der Waals surface area contributed by atoms with Crippen molar-refractivity contribution in [3.63, 3.8) is 0 Å². The van der Waals surface area contributed by atoms with Crippen molar-refractivity contribution < 1.29 is 14.3 Å². The van der Waals surface area contributed by atoms with Gasteiger partial charge < -0.3 is 10.4 Å². The van der Waals surface area contributed by atoms with Crippen molar-refractivity contribution in [3.05, 3.63) is 59.7 Å². The number of rotatable bonds is 3. The molecule has 4 nitrogen and oxygen atoms in total. The summed E-state index contributed by atoms with van der Waals surface area (Å²) in [5, 5.41) is 11.3. The second-order valence-corrected chi connectivity index (χ2v) is 4.14. The van der Waals surface area contributed by atoms with Gasteiger partial charge in [-0.3, -0.25) is 4.79 Å². The maximum Gasteiger partial charge on any atom is 0.275 e. The molecule has 1 heterocycles. The number of aromatic nitrogens is 1. The van der Waals surface area contributed by atoms with Gasteiger partial charge in [0, 0.05) is 18.3 Å². The number of amides is 1. The van der Waals surface area contributed by atoms with E-state index in [1.54, 1.807) is 12.1 Å². The van der Waals surface area contributed by atoms with Gasteiger partial charge in [-0.05, 0) is 36.4 Å². The number of benzene rings is 1. The van der Waals surface area contributed by atoms with Crippen LogP contribution >= 0.6 is 0 Å². The molecule has 1 amide bonds. The molecular weight excluding hydrogens is 271 g/mol. The first kappa shape index (κ1) is 14.7. The summed E-state index contributed by atoms with van der Waals surface area (Å²) >= 11 is 0. The molecule has 2 aromatic rings. The smallest absolute Gasteiger partial charge is 0.275 e. The van der Waals surface area contributed by atoms with Crippen LogP contribution in [0.4, 0.5) is 10.1 Å². The van der Waals surface area contributed by atoms with E-state index in [1.807, 2.05) is 0 Å². The Hall–Kier alpha value is -2.71. The number of anilines is 1. The molecule has 5 heteroatoms. The molecule has 0 bridgehead atoms. The number of hydrogen-bond donors (Lipinski definition) is 2. The van der Waals surface area contributed by atoms with E-state index in [0.717, 1.165) is 0 Å². The molecule has 0 saturated carbocycles. The summed E-state index contributed by atoms with van der Waals surface area (Å²) in [6.45, 7) is -0.0373. The molecule has 0 fully saturated rings. The highest BCUT2D eigenvalue weighted by Crippen LogP contribution is 2.11. The molecule has 1 aromatic heterocycles. The molecule has 106 valence electrons. The number of pyridine rings is 1. The van der Waals surface area contributed by atoms with Crippen LogP contribution in [0.2, 0.25) is 0 Å². The lowest BCUT2D eigenvalue weighted by molar-refractivity contribution is 0.102. The zero-order valence-corrected chi connectivity index (χ0v) is 11.1. The van der Waals surface area contributed by atoms with Gasteiger partial charge in [-0.25, -0.2) is 9.37 Å². The molecular formula is C16H13FN2O2. The highest BCUT2D eigenvalue weighted by molar-refractivity contribution is 6.04. The lowest BCUT2D eigenvalue weighted by Gasteiger charge is -2.06. The number of nitrogens with zero attached hydrogens (tertiary/aromatic N) is 1. The van der Waals surface area contributed by atoms with Gasteiger partial charge in [0.05, 0.1) is 12.2 Å². The molecule has 0 saturated heterocycles. The van der Waals surface area contributed by atoms with Crippen LogP contribution in [0.1, 0.15) is 22.5 Å². The standard InChI is InChI=1S/C16H13FN2O2/c17-13-6-8-14(9-7-13)19-16(21)15-12(4-1-2-11-20)5-3-10-18-15/h3,5-10,20H,2,11H2,(H,19,21). The summed E-state index contributed by atoms with van der Waals surface area (Å²) in [5.41, 5.74) is 1.14. The number of hydrogen-bond acceptors (Lipinski definition) is 3. The van der Waals surface area contributed by atoms with E-state index in [0.29, 0.717) is 17.7 Å². The van der Waals surface area contributed by atoms with Crippen LogP contribution in [-0.2, 0) is 0 Å². The average Bonchev–Trinajstić information content (AvgIpc) is 2.50. The van der Waals surface area contributed by atoms with E-state index in [-0.39, 0.29) is 18.1 Å². The predicted molar refractivity (Wildman–Crippen MR) is 77.2 cm³/mol. The molecule has 0 unspecified atom stereocenters. The lowest BCUT2D eigenvalue weighted by atomic mass is 10.1. The van der Waals surface area contributed by atoms with E-state index in [1.165, 1.54) is 30.5 Å². The lowest BCUT2D eigenvalue weighted by Crippen LogP contribution is -2.15. The van der Waals surface area contributed by atoms with Crippen LogP contribution in [0.25, 0.3) is 0 Å². The minimum absolute atomic E-state index is 0.0373. The van der Waals surface area contributed by atoms with Crippen molar-refractivity contribution >= 4 is 11.6 Å². The summed E-state index contributed by atoms with van der Waals surface area (Å²) in [6.07, 6.45) is 1.82. The summed E-state index contributed by atoms with van der Waals surface area (Å²) in [7, 11) is 0. The van der Waals surface area contributed by atoms with Crippen molar-refractivity contribution in [2.24, 2.45) is 0 Å². The Bertz CT molecular complexity index is 687. The third kappa shape index (κ3) is 4.13. The highest BCUT2D eigenvalue weighted by atomic mass is 19.1. The third-order valence-corrected chi connectivity index (χ3v) is 2.58. The maximum absolute atomic E-state index is 12.8. The number of aliphatic hydroxyl groups is 1. The molecule has 0 spiro atoms. The van der Waals surface area contributed by atoms with Crippen LogP contribution in [0.5, 0.6) is 0 Å². The summed E-state index contributed by atoms with van der Waals surface area (Å²) in [6, 6.07) is 8.81. The SMILES string of the molecule is O=C(Nc1ccc(F)cc1)c1ncccc1C#CCCO. The number of carbonyl (C=O) groups is 1. The van der Waals surface area contributed by atoms with Gasteiger partial charge >= 0.3 is 0 Å². The van der Waals surface area contributed by atoms with Crippen molar-refractivity contribution in [2.75, 3.05) is 11.9 Å². The van der Waals surface area contributed by atoms with E-state index >= 15 is 0 Å². The third-order valence-electron chi connectivity index (χ3n) is 2.58. The number of nitrogens with one attached hydrogen (secondary N) is 1. The molecule has 0 radical (unpaired) electrons. The molecule has 0 atom stereocenters. The Kier molecular flexibility index (Phi) is 5.02. The molecule has 21 heavy (non-hydrogen) atoms. The first-order valence-corrected chi connectivity index (χ1v) is 6.32. The first-order chi connectivity index (χ1) is 10.2. The molecule has 0 aliphatic heterocycles. The number of aliphatic hydroxyl groups excluding tert-OH is 1.